The largest absolute Gasteiger partial charge is 0.452 e. The van der Waals surface area contributed by atoms with Crippen LogP contribution in [0, 0.1) is 6.92 Å². The molecule has 0 bridgehead atoms. The number of halogens is 1. The number of methoxy groups -OCH3 is 1. The molecule has 0 fully saturated rings. The predicted octanol–water partition coefficient (Wildman–Crippen LogP) is 3.36. The standard InChI is InChI=1S/C18H21N5O4S2.ClH/c1-11-14(4-3-5-19-11)27-15-8-12(28-7-6-26-2)9-20-17(15)22-18-21-16(23-29-18)13(25)10-24;/h3-5,8-9,13,24-25H,6-7,10H2,1-2H3,(H,20,21,22,23);1H/t13-;/m1./s1. The molecule has 0 spiro atoms. The number of aryl methyl sites for hydroxylation is 1. The summed E-state index contributed by atoms with van der Waals surface area (Å²) in [6.07, 6.45) is 2.31. The molecule has 9 nitrogen and oxygen atoms in total. The van der Waals surface area contributed by atoms with Crippen LogP contribution in [0.3, 0.4) is 0 Å². The van der Waals surface area contributed by atoms with Crippen LogP contribution in [0.2, 0.25) is 0 Å². The lowest BCUT2D eigenvalue weighted by molar-refractivity contribution is 0.0897. The average molecular weight is 472 g/mol. The van der Waals surface area contributed by atoms with Gasteiger partial charge in [-0.25, -0.2) is 9.97 Å². The third-order valence-corrected chi connectivity index (χ3v) is 5.27. The Morgan fingerprint density at radius 2 is 2.13 bits per heavy atom. The van der Waals surface area contributed by atoms with Gasteiger partial charge < -0.3 is 25.0 Å². The van der Waals surface area contributed by atoms with E-state index in [9.17, 15) is 5.11 Å². The molecular weight excluding hydrogens is 450 g/mol. The molecule has 0 radical (unpaired) electrons. The first-order valence-electron chi connectivity index (χ1n) is 8.71. The minimum Gasteiger partial charge on any atom is -0.452 e. The van der Waals surface area contributed by atoms with Gasteiger partial charge in [-0.15, -0.1) is 24.2 Å². The van der Waals surface area contributed by atoms with Crippen molar-refractivity contribution in [3.8, 4) is 11.5 Å². The molecule has 0 aliphatic carbocycles. The Labute approximate surface area is 188 Å². The summed E-state index contributed by atoms with van der Waals surface area (Å²) in [6.45, 7) is 2.04. The van der Waals surface area contributed by atoms with Crippen molar-refractivity contribution in [2.75, 3.05) is 31.4 Å². The van der Waals surface area contributed by atoms with Gasteiger partial charge in [0.25, 0.3) is 0 Å². The average Bonchev–Trinajstić information content (AvgIpc) is 3.19. The van der Waals surface area contributed by atoms with Crippen molar-refractivity contribution < 1.29 is 19.7 Å². The third-order valence-electron chi connectivity index (χ3n) is 3.70. The Balaban J connectivity index is 0.00000320. The number of nitrogens with zero attached hydrogens (tertiary/aromatic N) is 4. The van der Waals surface area contributed by atoms with Crippen molar-refractivity contribution in [2.24, 2.45) is 0 Å². The number of aliphatic hydroxyl groups is 2. The molecule has 0 amide bonds. The lowest BCUT2D eigenvalue weighted by Gasteiger charge is -2.13. The number of thioether (sulfide) groups is 1. The molecule has 162 valence electrons. The van der Waals surface area contributed by atoms with E-state index in [-0.39, 0.29) is 18.2 Å². The van der Waals surface area contributed by atoms with E-state index in [1.165, 1.54) is 0 Å². The molecule has 12 heteroatoms. The normalized spacial score (nSPS) is 11.6. The predicted molar refractivity (Wildman–Crippen MR) is 118 cm³/mol. The molecule has 0 aliphatic heterocycles. The number of pyridine rings is 2. The van der Waals surface area contributed by atoms with E-state index in [1.807, 2.05) is 19.1 Å². The number of anilines is 2. The molecule has 3 rings (SSSR count). The second-order valence-electron chi connectivity index (χ2n) is 5.83. The zero-order valence-electron chi connectivity index (χ0n) is 16.3. The first-order chi connectivity index (χ1) is 14.1. The lowest BCUT2D eigenvalue weighted by Crippen LogP contribution is -2.04. The fourth-order valence-electron chi connectivity index (χ4n) is 2.22. The Bertz CT molecular complexity index is 946. The Morgan fingerprint density at radius 1 is 1.30 bits per heavy atom. The SMILES string of the molecule is COCCSc1cnc(Nc2nc([C@H](O)CO)ns2)c(Oc2cccnc2C)c1.Cl. The first kappa shape index (κ1) is 24.3. The maximum Gasteiger partial charge on any atom is 0.208 e. The second-order valence-corrected chi connectivity index (χ2v) is 7.75. The molecule has 0 aromatic carbocycles. The van der Waals surface area contributed by atoms with Crippen LogP contribution < -0.4 is 10.1 Å². The summed E-state index contributed by atoms with van der Waals surface area (Å²) in [5, 5.41) is 22.2. The van der Waals surface area contributed by atoms with Gasteiger partial charge in [-0.1, -0.05) is 0 Å². The monoisotopic (exact) mass is 471 g/mol. The van der Waals surface area contributed by atoms with Crippen LogP contribution in [-0.2, 0) is 4.74 Å². The van der Waals surface area contributed by atoms with Gasteiger partial charge in [0.2, 0.25) is 5.13 Å². The molecule has 3 aromatic rings. The topological polar surface area (TPSA) is 123 Å². The second kappa shape index (κ2) is 12.0. The van der Waals surface area contributed by atoms with Gasteiger partial charge in [-0.2, -0.15) is 4.37 Å². The summed E-state index contributed by atoms with van der Waals surface area (Å²) in [5.74, 6) is 2.51. The summed E-state index contributed by atoms with van der Waals surface area (Å²) in [5.41, 5.74) is 0.750. The van der Waals surface area contributed by atoms with E-state index < -0.39 is 12.7 Å². The summed E-state index contributed by atoms with van der Waals surface area (Å²) in [6, 6.07) is 5.51. The first-order valence-corrected chi connectivity index (χ1v) is 10.5. The highest BCUT2D eigenvalue weighted by Gasteiger charge is 2.16. The molecule has 0 saturated heterocycles. The van der Waals surface area contributed by atoms with Crippen LogP contribution in [0.4, 0.5) is 10.9 Å². The number of nitrogens with one attached hydrogen (secondary N) is 1. The molecule has 3 aromatic heterocycles. The van der Waals surface area contributed by atoms with Crippen molar-refractivity contribution in [3.05, 3.63) is 42.1 Å². The van der Waals surface area contributed by atoms with Crippen molar-refractivity contribution in [1.29, 1.82) is 0 Å². The number of aromatic nitrogens is 4. The van der Waals surface area contributed by atoms with Crippen LogP contribution in [0.1, 0.15) is 17.6 Å². The van der Waals surface area contributed by atoms with Crippen molar-refractivity contribution in [3.63, 3.8) is 0 Å². The van der Waals surface area contributed by atoms with Crippen LogP contribution in [0.25, 0.3) is 0 Å². The highest BCUT2D eigenvalue weighted by atomic mass is 35.5. The minimum atomic E-state index is -1.12. The molecule has 0 aliphatic rings. The molecule has 30 heavy (non-hydrogen) atoms. The maximum absolute atomic E-state index is 9.67. The molecular formula is C18H22ClN5O4S2. The molecule has 3 N–H and O–H groups in total. The number of aliphatic hydroxyl groups excluding tert-OH is 2. The third kappa shape index (κ3) is 6.49. The van der Waals surface area contributed by atoms with Gasteiger partial charge in [-0.3, -0.25) is 4.98 Å². The van der Waals surface area contributed by atoms with E-state index in [0.717, 1.165) is 27.9 Å². The zero-order valence-corrected chi connectivity index (χ0v) is 18.8. The fraction of sp³-hybridized carbons (Fsp3) is 0.333. The number of ether oxygens (including phenoxy) is 2. The van der Waals surface area contributed by atoms with Gasteiger partial charge in [0.1, 0.15) is 11.9 Å². The van der Waals surface area contributed by atoms with E-state index in [4.69, 9.17) is 14.6 Å². The Morgan fingerprint density at radius 3 is 2.87 bits per heavy atom. The summed E-state index contributed by atoms with van der Waals surface area (Å²) < 4.78 is 15.2. The van der Waals surface area contributed by atoms with E-state index >= 15 is 0 Å². The summed E-state index contributed by atoms with van der Waals surface area (Å²) in [7, 11) is 1.66. The van der Waals surface area contributed by atoms with E-state index in [0.29, 0.717) is 29.1 Å². The summed E-state index contributed by atoms with van der Waals surface area (Å²) >= 11 is 2.66. The van der Waals surface area contributed by atoms with Gasteiger partial charge >= 0.3 is 0 Å². The van der Waals surface area contributed by atoms with Crippen LogP contribution in [-0.4, -0.2) is 55.6 Å². The summed E-state index contributed by atoms with van der Waals surface area (Å²) in [4.78, 5) is 13.8. The lowest BCUT2D eigenvalue weighted by atomic mass is 10.3. The number of hydrogen-bond donors (Lipinski definition) is 3. The van der Waals surface area contributed by atoms with E-state index in [2.05, 4.69) is 24.6 Å². The minimum absolute atomic E-state index is 0. The van der Waals surface area contributed by atoms with Crippen LogP contribution >= 0.6 is 35.7 Å². The Hall–Kier alpha value is -2.02. The fourth-order valence-corrected chi connectivity index (χ4v) is 3.64. The zero-order chi connectivity index (χ0) is 20.6. The number of hydrogen-bond acceptors (Lipinski definition) is 11. The molecule has 0 unspecified atom stereocenters. The van der Waals surface area contributed by atoms with Crippen LogP contribution in [0.15, 0.2) is 35.5 Å². The van der Waals surface area contributed by atoms with Crippen molar-refractivity contribution in [2.45, 2.75) is 17.9 Å². The van der Waals surface area contributed by atoms with Gasteiger partial charge in [-0.05, 0) is 25.1 Å². The maximum atomic E-state index is 9.67. The van der Waals surface area contributed by atoms with Gasteiger partial charge in [0, 0.05) is 41.7 Å². The number of rotatable bonds is 10. The highest BCUT2D eigenvalue weighted by Crippen LogP contribution is 2.34. The van der Waals surface area contributed by atoms with Crippen molar-refractivity contribution >= 4 is 46.7 Å². The Kier molecular flexibility index (Phi) is 9.69. The molecule has 0 saturated carbocycles. The quantitative estimate of drug-likeness (QED) is 0.299. The van der Waals surface area contributed by atoms with Crippen LogP contribution in [0.5, 0.6) is 11.5 Å². The highest BCUT2D eigenvalue weighted by molar-refractivity contribution is 7.99. The van der Waals surface area contributed by atoms with Gasteiger partial charge in [0.05, 0.1) is 18.9 Å². The molecule has 3 heterocycles. The van der Waals surface area contributed by atoms with Crippen molar-refractivity contribution in [1.82, 2.24) is 19.3 Å². The smallest absolute Gasteiger partial charge is 0.208 e. The van der Waals surface area contributed by atoms with E-state index in [1.54, 1.807) is 37.3 Å². The van der Waals surface area contributed by atoms with Gasteiger partial charge in [0.15, 0.2) is 17.4 Å². The molecule has 1 atom stereocenters.